The van der Waals surface area contributed by atoms with Gasteiger partial charge in [0.15, 0.2) is 0 Å². The molecule has 0 radical (unpaired) electrons. The Morgan fingerprint density at radius 3 is 2.24 bits per heavy atom. The van der Waals surface area contributed by atoms with E-state index in [1.165, 1.54) is 6.08 Å². The van der Waals surface area contributed by atoms with E-state index in [2.05, 4.69) is 0 Å². The monoisotopic (exact) mass is 346 g/mol. The van der Waals surface area contributed by atoms with E-state index in [9.17, 15) is 9.59 Å². The predicted molar refractivity (Wildman–Crippen MR) is 93.5 cm³/mol. The van der Waals surface area contributed by atoms with E-state index in [0.29, 0.717) is 13.2 Å². The SMILES string of the molecule is CCOC(=O)/C=C/C1C(C(=O)OCc2ccc(COC)cc2)C1(C)C. The van der Waals surface area contributed by atoms with Gasteiger partial charge in [0.25, 0.3) is 0 Å². The number of carbonyl (C=O) groups excluding carboxylic acids is 2. The highest BCUT2D eigenvalue weighted by Crippen LogP contribution is 2.59. The van der Waals surface area contributed by atoms with E-state index in [1.54, 1.807) is 20.1 Å². The van der Waals surface area contributed by atoms with Crippen molar-refractivity contribution in [2.24, 2.45) is 17.3 Å². The van der Waals surface area contributed by atoms with Crippen LogP contribution in [0, 0.1) is 17.3 Å². The minimum Gasteiger partial charge on any atom is -0.463 e. The number of ether oxygens (including phenoxy) is 3. The van der Waals surface area contributed by atoms with Crippen LogP contribution in [0.5, 0.6) is 0 Å². The molecule has 25 heavy (non-hydrogen) atoms. The molecule has 0 bridgehead atoms. The maximum atomic E-state index is 12.4. The summed E-state index contributed by atoms with van der Waals surface area (Å²) in [5.41, 5.74) is 1.80. The van der Waals surface area contributed by atoms with Gasteiger partial charge in [0.05, 0.1) is 19.1 Å². The number of methoxy groups -OCH3 is 1. The Morgan fingerprint density at radius 2 is 1.68 bits per heavy atom. The molecule has 0 heterocycles. The van der Waals surface area contributed by atoms with Crippen LogP contribution >= 0.6 is 0 Å². The fourth-order valence-corrected chi connectivity index (χ4v) is 3.00. The van der Waals surface area contributed by atoms with Crippen LogP contribution in [-0.2, 0) is 37.0 Å². The van der Waals surface area contributed by atoms with Gasteiger partial charge in [0.1, 0.15) is 6.61 Å². The van der Waals surface area contributed by atoms with Crippen LogP contribution in [0.25, 0.3) is 0 Å². The Hall–Kier alpha value is -2.14. The first kappa shape index (κ1) is 19.2. The second-order valence-corrected chi connectivity index (χ2v) is 6.79. The summed E-state index contributed by atoms with van der Waals surface area (Å²) in [5.74, 6) is -0.850. The molecule has 2 rings (SSSR count). The van der Waals surface area contributed by atoms with Crippen molar-refractivity contribution in [1.82, 2.24) is 0 Å². The van der Waals surface area contributed by atoms with E-state index >= 15 is 0 Å². The lowest BCUT2D eigenvalue weighted by atomic mass is 10.1. The van der Waals surface area contributed by atoms with Crippen molar-refractivity contribution in [3.05, 3.63) is 47.5 Å². The molecule has 1 saturated carbocycles. The molecule has 1 fully saturated rings. The third kappa shape index (κ3) is 4.92. The van der Waals surface area contributed by atoms with Crippen molar-refractivity contribution in [3.8, 4) is 0 Å². The fourth-order valence-electron chi connectivity index (χ4n) is 3.00. The van der Waals surface area contributed by atoms with Crippen LogP contribution in [0.2, 0.25) is 0 Å². The van der Waals surface area contributed by atoms with Gasteiger partial charge in [-0.15, -0.1) is 0 Å². The maximum absolute atomic E-state index is 12.4. The van der Waals surface area contributed by atoms with Crippen molar-refractivity contribution in [2.45, 2.75) is 34.0 Å². The molecule has 0 spiro atoms. The molecule has 1 aliphatic carbocycles. The van der Waals surface area contributed by atoms with Gasteiger partial charge in [-0.05, 0) is 29.4 Å². The van der Waals surface area contributed by atoms with Crippen LogP contribution < -0.4 is 0 Å². The highest BCUT2D eigenvalue weighted by Gasteiger charge is 2.61. The van der Waals surface area contributed by atoms with Crippen molar-refractivity contribution < 1.29 is 23.8 Å². The maximum Gasteiger partial charge on any atom is 0.330 e. The summed E-state index contributed by atoms with van der Waals surface area (Å²) in [4.78, 5) is 23.8. The van der Waals surface area contributed by atoms with Gasteiger partial charge in [-0.2, -0.15) is 0 Å². The van der Waals surface area contributed by atoms with Crippen LogP contribution in [0.1, 0.15) is 31.9 Å². The molecule has 1 aliphatic rings. The Kier molecular flexibility index (Phi) is 6.37. The zero-order valence-corrected chi connectivity index (χ0v) is 15.3. The summed E-state index contributed by atoms with van der Waals surface area (Å²) in [6.45, 7) is 6.90. The summed E-state index contributed by atoms with van der Waals surface area (Å²) >= 11 is 0. The molecule has 0 saturated heterocycles. The van der Waals surface area contributed by atoms with Gasteiger partial charge in [-0.1, -0.05) is 44.2 Å². The molecule has 0 N–H and O–H groups in total. The van der Waals surface area contributed by atoms with E-state index in [-0.39, 0.29) is 35.8 Å². The first-order chi connectivity index (χ1) is 11.9. The quantitative estimate of drug-likeness (QED) is 0.534. The number of hydrogen-bond acceptors (Lipinski definition) is 5. The molecule has 0 amide bonds. The van der Waals surface area contributed by atoms with Gasteiger partial charge < -0.3 is 14.2 Å². The standard InChI is InChI=1S/C20H26O5/c1-5-24-17(21)11-10-16-18(20(16,2)3)19(22)25-13-15-8-6-14(7-9-15)12-23-4/h6-11,16,18H,5,12-13H2,1-4H3/b11-10+. The number of allylic oxidation sites excluding steroid dienone is 1. The smallest absolute Gasteiger partial charge is 0.330 e. The average molecular weight is 346 g/mol. The highest BCUT2D eigenvalue weighted by molar-refractivity contribution is 5.83. The Bertz CT molecular complexity index is 630. The molecule has 5 heteroatoms. The molecule has 1 aromatic rings. The first-order valence-corrected chi connectivity index (χ1v) is 8.48. The van der Waals surface area contributed by atoms with Crippen LogP contribution in [0.4, 0.5) is 0 Å². The largest absolute Gasteiger partial charge is 0.463 e. The zero-order valence-electron chi connectivity index (χ0n) is 15.3. The van der Waals surface area contributed by atoms with E-state index < -0.39 is 0 Å². The van der Waals surface area contributed by atoms with Crippen LogP contribution in [0.3, 0.4) is 0 Å². The predicted octanol–water partition coefficient (Wildman–Crippen LogP) is 3.27. The summed E-state index contributed by atoms with van der Waals surface area (Å²) in [6, 6.07) is 7.77. The normalized spacial score (nSPS) is 21.1. The minimum atomic E-state index is -0.381. The number of hydrogen-bond donors (Lipinski definition) is 0. The lowest BCUT2D eigenvalue weighted by Crippen LogP contribution is -2.10. The van der Waals surface area contributed by atoms with E-state index in [1.807, 2.05) is 38.1 Å². The molecule has 2 unspecified atom stereocenters. The topological polar surface area (TPSA) is 61.8 Å². The number of benzene rings is 1. The molecule has 0 aliphatic heterocycles. The Balaban J connectivity index is 1.87. The first-order valence-electron chi connectivity index (χ1n) is 8.48. The van der Waals surface area contributed by atoms with E-state index in [0.717, 1.165) is 11.1 Å². The van der Waals surface area contributed by atoms with Crippen molar-refractivity contribution >= 4 is 11.9 Å². The molecule has 1 aromatic carbocycles. The third-order valence-corrected chi connectivity index (χ3v) is 4.61. The zero-order chi connectivity index (χ0) is 18.4. The molecule has 0 aromatic heterocycles. The molecular formula is C20H26O5. The van der Waals surface area contributed by atoms with Crippen LogP contribution in [0.15, 0.2) is 36.4 Å². The van der Waals surface area contributed by atoms with Gasteiger partial charge in [-0.3, -0.25) is 4.79 Å². The number of esters is 2. The molecular weight excluding hydrogens is 320 g/mol. The minimum absolute atomic E-state index is 0.00603. The number of carbonyl (C=O) groups is 2. The average Bonchev–Trinajstić information content (AvgIpc) is 3.13. The fraction of sp³-hybridized carbons (Fsp3) is 0.500. The summed E-state index contributed by atoms with van der Waals surface area (Å²) in [5, 5.41) is 0. The van der Waals surface area contributed by atoms with Crippen molar-refractivity contribution in [3.63, 3.8) is 0 Å². The lowest BCUT2D eigenvalue weighted by molar-refractivity contribution is -0.147. The van der Waals surface area contributed by atoms with Crippen LogP contribution in [-0.4, -0.2) is 25.7 Å². The second kappa shape index (κ2) is 8.30. The Labute approximate surface area is 149 Å². The van der Waals surface area contributed by atoms with E-state index in [4.69, 9.17) is 14.2 Å². The van der Waals surface area contributed by atoms with Gasteiger partial charge in [0.2, 0.25) is 0 Å². The summed E-state index contributed by atoms with van der Waals surface area (Å²) < 4.78 is 15.4. The molecule has 5 nitrogen and oxygen atoms in total. The third-order valence-electron chi connectivity index (χ3n) is 4.61. The van der Waals surface area contributed by atoms with Crippen molar-refractivity contribution in [2.75, 3.05) is 13.7 Å². The summed E-state index contributed by atoms with van der Waals surface area (Å²) in [7, 11) is 1.65. The highest BCUT2D eigenvalue weighted by atomic mass is 16.5. The van der Waals surface area contributed by atoms with Crippen molar-refractivity contribution in [1.29, 1.82) is 0 Å². The second-order valence-electron chi connectivity index (χ2n) is 6.79. The summed E-state index contributed by atoms with van der Waals surface area (Å²) in [6.07, 6.45) is 3.15. The van der Waals surface area contributed by atoms with Gasteiger partial charge in [0, 0.05) is 13.2 Å². The molecule has 136 valence electrons. The number of rotatable bonds is 8. The molecule has 2 atom stereocenters. The van der Waals surface area contributed by atoms with Gasteiger partial charge in [-0.25, -0.2) is 4.79 Å². The Morgan fingerprint density at radius 1 is 1.08 bits per heavy atom. The van der Waals surface area contributed by atoms with Gasteiger partial charge >= 0.3 is 11.9 Å². The lowest BCUT2D eigenvalue weighted by Gasteiger charge is -2.07.